The maximum Gasteiger partial charge on any atom is 0.0608 e. The summed E-state index contributed by atoms with van der Waals surface area (Å²) in [5, 5.41) is 9.13. The van der Waals surface area contributed by atoms with E-state index in [1.165, 1.54) is 0 Å². The Morgan fingerprint density at radius 1 is 1.67 bits per heavy atom. The van der Waals surface area contributed by atoms with Gasteiger partial charge in [-0.25, -0.2) is 0 Å². The van der Waals surface area contributed by atoms with Gasteiger partial charge in [-0.2, -0.15) is 0 Å². The van der Waals surface area contributed by atoms with E-state index >= 15 is 0 Å². The Labute approximate surface area is 92.1 Å². The van der Waals surface area contributed by atoms with Crippen LogP contribution in [-0.4, -0.2) is 29.5 Å². The normalized spacial score (nSPS) is 30.6. The fraction of sp³-hybridized carbons (Fsp3) is 0.750. The Bertz CT molecular complexity index is 269. The van der Waals surface area contributed by atoms with Gasteiger partial charge < -0.3 is 10.8 Å². The largest absolute Gasteiger partial charge is 0.394 e. The van der Waals surface area contributed by atoms with Crippen LogP contribution in [0.4, 0.5) is 0 Å². The zero-order chi connectivity index (χ0) is 11.5. The molecule has 1 rings (SSSR count). The Hall–Kier alpha value is -0.670. The maximum absolute atomic E-state index is 9.13. The van der Waals surface area contributed by atoms with Crippen molar-refractivity contribution in [1.29, 1.82) is 0 Å². The predicted octanol–water partition coefficient (Wildman–Crippen LogP) is 1.37. The minimum atomic E-state index is -0.472. The topological polar surface area (TPSA) is 58.6 Å². The van der Waals surface area contributed by atoms with Crippen LogP contribution in [0.2, 0.25) is 0 Å². The first-order valence-corrected chi connectivity index (χ1v) is 5.57. The fourth-order valence-corrected chi connectivity index (χ4v) is 2.05. The van der Waals surface area contributed by atoms with Crippen LogP contribution < -0.4 is 5.73 Å². The number of hydrogen-bond acceptors (Lipinski definition) is 3. The third-order valence-corrected chi connectivity index (χ3v) is 3.11. The number of rotatable bonds is 4. The number of allylic oxidation sites excluding steroid dienone is 2. The van der Waals surface area contributed by atoms with Crippen LogP contribution in [0.3, 0.4) is 0 Å². The average molecular weight is 210 g/mol. The first-order valence-electron chi connectivity index (χ1n) is 5.57. The van der Waals surface area contributed by atoms with E-state index in [0.717, 1.165) is 18.7 Å². The lowest BCUT2D eigenvalue weighted by Gasteiger charge is -2.27. The highest BCUT2D eigenvalue weighted by molar-refractivity contribution is 5.97. The van der Waals surface area contributed by atoms with Crippen molar-refractivity contribution in [2.45, 2.75) is 32.7 Å². The summed E-state index contributed by atoms with van der Waals surface area (Å²) in [5.74, 6) is 0.925. The molecule has 3 N–H and O–H groups in total. The van der Waals surface area contributed by atoms with Gasteiger partial charge in [0.15, 0.2) is 0 Å². The lowest BCUT2D eigenvalue weighted by atomic mass is 9.82. The Morgan fingerprint density at radius 3 is 2.87 bits per heavy atom. The summed E-state index contributed by atoms with van der Waals surface area (Å²) in [4.78, 5) is 4.50. The second-order valence-electron chi connectivity index (χ2n) is 4.83. The summed E-state index contributed by atoms with van der Waals surface area (Å²) in [7, 11) is 0. The Morgan fingerprint density at radius 2 is 2.33 bits per heavy atom. The lowest BCUT2D eigenvalue weighted by molar-refractivity contribution is 0.178. The van der Waals surface area contributed by atoms with Gasteiger partial charge in [0.05, 0.1) is 6.61 Å². The van der Waals surface area contributed by atoms with Gasteiger partial charge in [-0.15, -0.1) is 0 Å². The van der Waals surface area contributed by atoms with Gasteiger partial charge in [0, 0.05) is 23.7 Å². The summed E-state index contributed by atoms with van der Waals surface area (Å²) in [6.45, 7) is 6.96. The molecule has 1 aliphatic rings. The van der Waals surface area contributed by atoms with E-state index in [2.05, 4.69) is 18.0 Å². The van der Waals surface area contributed by atoms with Crippen molar-refractivity contribution in [3.05, 3.63) is 12.2 Å². The van der Waals surface area contributed by atoms with Crippen LogP contribution >= 0.6 is 0 Å². The van der Waals surface area contributed by atoms with E-state index in [9.17, 15) is 0 Å². The molecule has 3 nitrogen and oxygen atoms in total. The van der Waals surface area contributed by atoms with E-state index in [4.69, 9.17) is 10.8 Å². The summed E-state index contributed by atoms with van der Waals surface area (Å²) < 4.78 is 0. The van der Waals surface area contributed by atoms with Crippen molar-refractivity contribution in [2.75, 3.05) is 13.2 Å². The maximum atomic E-state index is 9.13. The molecule has 1 aliphatic heterocycles. The predicted molar refractivity (Wildman–Crippen MR) is 64.1 cm³/mol. The van der Waals surface area contributed by atoms with Crippen molar-refractivity contribution >= 4 is 5.71 Å². The quantitative estimate of drug-likeness (QED) is 0.736. The molecule has 0 aromatic carbocycles. The zero-order valence-electron chi connectivity index (χ0n) is 9.90. The molecule has 3 unspecified atom stereocenters. The summed E-state index contributed by atoms with van der Waals surface area (Å²) >= 11 is 0. The summed E-state index contributed by atoms with van der Waals surface area (Å²) in [6.07, 6.45) is 4.91. The van der Waals surface area contributed by atoms with Crippen LogP contribution in [0.25, 0.3) is 0 Å². The molecule has 0 bridgehead atoms. The first-order chi connectivity index (χ1) is 7.00. The van der Waals surface area contributed by atoms with Crippen molar-refractivity contribution in [3.63, 3.8) is 0 Å². The minimum absolute atomic E-state index is 0.0369. The number of aliphatic hydroxyl groups is 1. The molecule has 0 saturated heterocycles. The third-order valence-electron chi connectivity index (χ3n) is 3.11. The monoisotopic (exact) mass is 210 g/mol. The second kappa shape index (κ2) is 4.90. The molecule has 0 aliphatic carbocycles. The molecule has 3 atom stereocenters. The first kappa shape index (κ1) is 12.4. The van der Waals surface area contributed by atoms with Crippen molar-refractivity contribution < 1.29 is 5.11 Å². The number of nitrogens with zero attached hydrogens (tertiary/aromatic N) is 1. The standard InChI is InChI=1S/C12H22N2O/c1-4-5-11-9(2)10(7-14-11)6-12(3,13)8-15/h4-5,9-10,15H,6-8,13H2,1-3H3/b5-4-. The average Bonchev–Trinajstić information content (AvgIpc) is 2.50. The van der Waals surface area contributed by atoms with Crippen LogP contribution in [-0.2, 0) is 0 Å². The molecule has 0 saturated carbocycles. The molecule has 1 heterocycles. The Balaban J connectivity index is 2.56. The highest BCUT2D eigenvalue weighted by Crippen LogP contribution is 2.28. The summed E-state index contributed by atoms with van der Waals surface area (Å²) in [5.41, 5.74) is 6.65. The fourth-order valence-electron chi connectivity index (χ4n) is 2.05. The van der Waals surface area contributed by atoms with Gasteiger partial charge in [-0.3, -0.25) is 4.99 Å². The van der Waals surface area contributed by atoms with E-state index in [1.807, 2.05) is 19.9 Å². The molecule has 0 spiro atoms. The minimum Gasteiger partial charge on any atom is -0.394 e. The number of nitrogens with two attached hydrogens (primary N) is 1. The highest BCUT2D eigenvalue weighted by Gasteiger charge is 2.31. The van der Waals surface area contributed by atoms with Crippen LogP contribution in [0.15, 0.2) is 17.1 Å². The molecular formula is C12H22N2O. The highest BCUT2D eigenvalue weighted by atomic mass is 16.3. The molecule has 0 radical (unpaired) electrons. The lowest BCUT2D eigenvalue weighted by Crippen LogP contribution is -2.43. The molecule has 0 amide bonds. The van der Waals surface area contributed by atoms with E-state index in [1.54, 1.807) is 0 Å². The molecule has 0 aromatic rings. The van der Waals surface area contributed by atoms with Crippen molar-refractivity contribution in [2.24, 2.45) is 22.6 Å². The molecule has 86 valence electrons. The van der Waals surface area contributed by atoms with E-state index in [-0.39, 0.29) is 6.61 Å². The summed E-state index contributed by atoms with van der Waals surface area (Å²) in [6, 6.07) is 0. The zero-order valence-corrected chi connectivity index (χ0v) is 9.90. The van der Waals surface area contributed by atoms with Gasteiger partial charge in [0.1, 0.15) is 0 Å². The molecule has 15 heavy (non-hydrogen) atoms. The van der Waals surface area contributed by atoms with Gasteiger partial charge >= 0.3 is 0 Å². The third kappa shape index (κ3) is 3.14. The van der Waals surface area contributed by atoms with Gasteiger partial charge in [-0.1, -0.05) is 13.0 Å². The SMILES string of the molecule is C/C=C\C1=NCC(CC(C)(N)CO)C1C. The van der Waals surface area contributed by atoms with Crippen molar-refractivity contribution in [3.8, 4) is 0 Å². The second-order valence-corrected chi connectivity index (χ2v) is 4.83. The molecule has 0 aromatic heterocycles. The number of aliphatic hydroxyl groups excluding tert-OH is 1. The number of aliphatic imine (C=N–C) groups is 1. The van der Waals surface area contributed by atoms with Gasteiger partial charge in [0.2, 0.25) is 0 Å². The molecule has 3 heteroatoms. The number of hydrogen-bond donors (Lipinski definition) is 2. The van der Waals surface area contributed by atoms with E-state index in [0.29, 0.717) is 11.8 Å². The van der Waals surface area contributed by atoms with Crippen LogP contribution in [0.1, 0.15) is 27.2 Å². The van der Waals surface area contributed by atoms with E-state index < -0.39 is 5.54 Å². The van der Waals surface area contributed by atoms with Gasteiger partial charge in [0.25, 0.3) is 0 Å². The van der Waals surface area contributed by atoms with Crippen molar-refractivity contribution in [1.82, 2.24) is 0 Å². The van der Waals surface area contributed by atoms with Gasteiger partial charge in [-0.05, 0) is 32.3 Å². The molecule has 0 fully saturated rings. The molecular weight excluding hydrogens is 188 g/mol. The van der Waals surface area contributed by atoms with Crippen LogP contribution in [0.5, 0.6) is 0 Å². The Kier molecular flexibility index (Phi) is 4.05. The smallest absolute Gasteiger partial charge is 0.0608 e. The van der Waals surface area contributed by atoms with Crippen LogP contribution in [0, 0.1) is 11.8 Å².